The van der Waals surface area contributed by atoms with E-state index in [0.717, 1.165) is 16.5 Å². The summed E-state index contributed by atoms with van der Waals surface area (Å²) in [6.07, 6.45) is 2.00. The fourth-order valence-corrected chi connectivity index (χ4v) is 4.12. The lowest BCUT2D eigenvalue weighted by Crippen LogP contribution is -2.52. The molecule has 0 bridgehead atoms. The van der Waals surface area contributed by atoms with E-state index in [-0.39, 0.29) is 29.1 Å². The minimum Gasteiger partial charge on any atom is -0.361 e. The highest BCUT2D eigenvalue weighted by molar-refractivity contribution is 9.09. The van der Waals surface area contributed by atoms with Gasteiger partial charge in [0.05, 0.1) is 11.2 Å². The molecule has 1 aliphatic rings. The standard InChI is InChI=1S/C17H22BrN5O2/c1-9(2)15-14(18)16(22-21-15)17(25)23-20-13(24)7-10-8-19-12-6-4-3-5-11(10)12/h3-6,8-9,14-16,19,21-22H,7H2,1-2H3,(H,20,24)(H,23,25). The number of amides is 2. The van der Waals surface area contributed by atoms with Gasteiger partial charge in [-0.3, -0.25) is 25.9 Å². The molecule has 8 heteroatoms. The number of aromatic nitrogens is 1. The van der Waals surface area contributed by atoms with Crippen LogP contribution in [0.4, 0.5) is 0 Å². The molecule has 0 radical (unpaired) electrons. The molecule has 1 saturated heterocycles. The molecule has 2 heterocycles. The maximum Gasteiger partial charge on any atom is 0.258 e. The Morgan fingerprint density at radius 2 is 1.96 bits per heavy atom. The summed E-state index contributed by atoms with van der Waals surface area (Å²) in [5.74, 6) is -0.188. The molecule has 25 heavy (non-hydrogen) atoms. The number of halogens is 1. The summed E-state index contributed by atoms with van der Waals surface area (Å²) in [5.41, 5.74) is 12.9. The molecule has 3 unspecified atom stereocenters. The van der Waals surface area contributed by atoms with Crippen LogP contribution in [0.1, 0.15) is 19.4 Å². The van der Waals surface area contributed by atoms with Gasteiger partial charge in [0.1, 0.15) is 6.04 Å². The summed E-state index contributed by atoms with van der Waals surface area (Å²) in [6, 6.07) is 7.46. The number of fused-ring (bicyclic) bond motifs is 1. The van der Waals surface area contributed by atoms with Crippen LogP contribution in [-0.4, -0.2) is 33.7 Å². The second-order valence-corrected chi connectivity index (χ2v) is 7.61. The molecular formula is C17H22BrN5O2. The third kappa shape index (κ3) is 3.86. The number of nitrogens with one attached hydrogen (secondary N) is 5. The second kappa shape index (κ2) is 7.55. The van der Waals surface area contributed by atoms with E-state index in [2.05, 4.69) is 56.5 Å². The normalized spacial score (nSPS) is 23.1. The lowest BCUT2D eigenvalue weighted by atomic mass is 9.99. The van der Waals surface area contributed by atoms with Gasteiger partial charge < -0.3 is 4.98 Å². The van der Waals surface area contributed by atoms with Crippen molar-refractivity contribution in [3.05, 3.63) is 36.0 Å². The van der Waals surface area contributed by atoms with Gasteiger partial charge in [0.15, 0.2) is 0 Å². The number of alkyl halides is 1. The van der Waals surface area contributed by atoms with E-state index in [1.807, 2.05) is 30.5 Å². The maximum atomic E-state index is 12.3. The fourth-order valence-electron chi connectivity index (χ4n) is 3.00. The van der Waals surface area contributed by atoms with Gasteiger partial charge in [-0.05, 0) is 17.5 Å². The van der Waals surface area contributed by atoms with Crippen molar-refractivity contribution in [1.82, 2.24) is 26.7 Å². The topological polar surface area (TPSA) is 98.0 Å². The van der Waals surface area contributed by atoms with Gasteiger partial charge in [0.25, 0.3) is 5.91 Å². The van der Waals surface area contributed by atoms with Crippen LogP contribution >= 0.6 is 15.9 Å². The predicted molar refractivity (Wildman–Crippen MR) is 99.7 cm³/mol. The molecule has 0 saturated carbocycles. The van der Waals surface area contributed by atoms with Crippen LogP contribution in [0.3, 0.4) is 0 Å². The maximum absolute atomic E-state index is 12.3. The summed E-state index contributed by atoms with van der Waals surface area (Å²) in [5, 5.41) is 1.01. The van der Waals surface area contributed by atoms with Crippen molar-refractivity contribution in [1.29, 1.82) is 0 Å². The molecular weight excluding hydrogens is 386 g/mol. The van der Waals surface area contributed by atoms with Crippen LogP contribution in [0.25, 0.3) is 10.9 Å². The lowest BCUT2D eigenvalue weighted by Gasteiger charge is -2.19. The minimum atomic E-state index is -0.458. The first kappa shape index (κ1) is 17.9. The van der Waals surface area contributed by atoms with E-state index in [9.17, 15) is 9.59 Å². The van der Waals surface area contributed by atoms with Crippen LogP contribution in [0.2, 0.25) is 0 Å². The van der Waals surface area contributed by atoms with E-state index in [1.54, 1.807) is 0 Å². The molecule has 7 nitrogen and oxygen atoms in total. The Labute approximate surface area is 154 Å². The van der Waals surface area contributed by atoms with Crippen LogP contribution in [-0.2, 0) is 16.0 Å². The molecule has 2 aromatic rings. The molecule has 5 N–H and O–H groups in total. The highest BCUT2D eigenvalue weighted by Crippen LogP contribution is 2.21. The lowest BCUT2D eigenvalue weighted by molar-refractivity contribution is -0.129. The molecule has 0 aliphatic carbocycles. The Morgan fingerprint density at radius 1 is 1.20 bits per heavy atom. The summed E-state index contributed by atoms with van der Waals surface area (Å²) in [6.45, 7) is 4.16. The number of para-hydroxylation sites is 1. The zero-order chi connectivity index (χ0) is 18.0. The number of carbonyl (C=O) groups is 2. The van der Waals surface area contributed by atoms with Gasteiger partial charge in [-0.25, -0.2) is 5.43 Å². The average molecular weight is 408 g/mol. The number of benzene rings is 1. The largest absolute Gasteiger partial charge is 0.361 e. The van der Waals surface area contributed by atoms with Gasteiger partial charge >= 0.3 is 0 Å². The number of hydrazine groups is 2. The first-order valence-corrected chi connectivity index (χ1v) is 9.17. The molecule has 134 valence electrons. The van der Waals surface area contributed by atoms with Crippen LogP contribution < -0.4 is 21.7 Å². The molecule has 1 aromatic heterocycles. The first-order chi connectivity index (χ1) is 12.0. The highest BCUT2D eigenvalue weighted by Gasteiger charge is 2.39. The smallest absolute Gasteiger partial charge is 0.258 e. The Hall–Kier alpha value is -1.90. The number of hydrogen-bond donors (Lipinski definition) is 5. The Balaban J connectivity index is 1.53. The van der Waals surface area contributed by atoms with Crippen LogP contribution in [0.5, 0.6) is 0 Å². The number of hydrogen-bond acceptors (Lipinski definition) is 4. The van der Waals surface area contributed by atoms with Crippen molar-refractivity contribution in [2.75, 3.05) is 0 Å². The highest BCUT2D eigenvalue weighted by atomic mass is 79.9. The van der Waals surface area contributed by atoms with Crippen molar-refractivity contribution in [2.24, 2.45) is 5.92 Å². The van der Waals surface area contributed by atoms with Crippen molar-refractivity contribution in [3.8, 4) is 0 Å². The minimum absolute atomic E-state index is 0.0574. The summed E-state index contributed by atoms with van der Waals surface area (Å²) in [4.78, 5) is 27.5. The predicted octanol–water partition coefficient (Wildman–Crippen LogP) is 1.12. The molecule has 2 amide bonds. The van der Waals surface area contributed by atoms with Crippen molar-refractivity contribution >= 4 is 38.6 Å². The molecule has 0 spiro atoms. The number of aromatic amines is 1. The van der Waals surface area contributed by atoms with Crippen molar-refractivity contribution in [3.63, 3.8) is 0 Å². The zero-order valence-electron chi connectivity index (χ0n) is 14.1. The van der Waals surface area contributed by atoms with Crippen molar-refractivity contribution < 1.29 is 9.59 Å². The molecule has 1 fully saturated rings. The SMILES string of the molecule is CC(C)C1NNC(C(=O)NNC(=O)Cc2c[nH]c3ccccc23)C1Br. The van der Waals surface area contributed by atoms with E-state index in [4.69, 9.17) is 0 Å². The average Bonchev–Trinajstić information content (AvgIpc) is 3.17. The third-order valence-electron chi connectivity index (χ3n) is 4.42. The fraction of sp³-hybridized carbons (Fsp3) is 0.412. The van der Waals surface area contributed by atoms with Gasteiger partial charge in [-0.2, -0.15) is 0 Å². The quantitative estimate of drug-likeness (QED) is 0.387. The van der Waals surface area contributed by atoms with E-state index in [1.165, 1.54) is 0 Å². The van der Waals surface area contributed by atoms with Gasteiger partial charge in [-0.15, -0.1) is 0 Å². The third-order valence-corrected chi connectivity index (χ3v) is 5.52. The number of carbonyl (C=O) groups excluding carboxylic acids is 2. The summed E-state index contributed by atoms with van der Waals surface area (Å²) in [7, 11) is 0. The molecule has 3 rings (SSSR count). The van der Waals surface area contributed by atoms with E-state index >= 15 is 0 Å². The summed E-state index contributed by atoms with van der Waals surface area (Å²) < 4.78 is 0. The summed E-state index contributed by atoms with van der Waals surface area (Å²) >= 11 is 3.55. The Bertz CT molecular complexity index is 775. The van der Waals surface area contributed by atoms with Crippen molar-refractivity contribution in [2.45, 2.75) is 37.2 Å². The monoisotopic (exact) mass is 407 g/mol. The Morgan fingerprint density at radius 3 is 2.68 bits per heavy atom. The Kier molecular flexibility index (Phi) is 5.41. The van der Waals surface area contributed by atoms with Crippen LogP contribution in [0, 0.1) is 5.92 Å². The molecule has 1 aliphatic heterocycles. The van der Waals surface area contributed by atoms with Gasteiger partial charge in [-0.1, -0.05) is 48.0 Å². The number of H-pyrrole nitrogens is 1. The van der Waals surface area contributed by atoms with E-state index < -0.39 is 6.04 Å². The van der Waals surface area contributed by atoms with Gasteiger partial charge in [0.2, 0.25) is 5.91 Å². The molecule has 1 aromatic carbocycles. The van der Waals surface area contributed by atoms with E-state index in [0.29, 0.717) is 5.92 Å². The number of rotatable bonds is 4. The van der Waals surface area contributed by atoms with Gasteiger partial charge in [0, 0.05) is 23.1 Å². The second-order valence-electron chi connectivity index (χ2n) is 6.55. The first-order valence-electron chi connectivity index (χ1n) is 8.26. The zero-order valence-corrected chi connectivity index (χ0v) is 15.7. The molecule has 3 atom stereocenters. The van der Waals surface area contributed by atoms with Crippen LogP contribution in [0.15, 0.2) is 30.5 Å².